The molecule has 1 N–H and O–H groups in total. The molecule has 4 nitrogen and oxygen atoms in total. The van der Waals surface area contributed by atoms with E-state index in [1.807, 2.05) is 12.1 Å². The normalized spacial score (nSPS) is 10.8. The standard InChI is InChI=1S/C15H17FN2O2/c1-18(8-9-19)15(20)7-6-13-5-3-11-2-4-12(16)10-14(11)17-13/h2-5,10,19H,6-9H2,1H3. The summed E-state index contributed by atoms with van der Waals surface area (Å²) in [6, 6.07) is 8.19. The number of pyridine rings is 1. The Morgan fingerprint density at radius 3 is 2.85 bits per heavy atom. The van der Waals surface area contributed by atoms with Crippen LogP contribution in [0.2, 0.25) is 0 Å². The molecule has 20 heavy (non-hydrogen) atoms. The Balaban J connectivity index is 2.05. The lowest BCUT2D eigenvalue weighted by Gasteiger charge is -2.15. The Hall–Kier alpha value is -2.01. The molecule has 0 spiro atoms. The maximum atomic E-state index is 13.1. The second kappa shape index (κ2) is 6.43. The van der Waals surface area contributed by atoms with Gasteiger partial charge in [0.05, 0.1) is 12.1 Å². The lowest BCUT2D eigenvalue weighted by atomic mass is 10.1. The van der Waals surface area contributed by atoms with Gasteiger partial charge in [-0.2, -0.15) is 0 Å². The predicted molar refractivity (Wildman–Crippen MR) is 74.7 cm³/mol. The first-order valence-electron chi connectivity index (χ1n) is 6.50. The number of aromatic nitrogens is 1. The van der Waals surface area contributed by atoms with E-state index in [4.69, 9.17) is 5.11 Å². The number of hydrogen-bond donors (Lipinski definition) is 1. The number of fused-ring (bicyclic) bond motifs is 1. The van der Waals surface area contributed by atoms with Crippen molar-refractivity contribution in [3.05, 3.63) is 41.8 Å². The summed E-state index contributed by atoms with van der Waals surface area (Å²) in [6.45, 7) is 0.283. The molecule has 0 bridgehead atoms. The van der Waals surface area contributed by atoms with Gasteiger partial charge in [-0.25, -0.2) is 4.39 Å². The number of halogens is 1. The monoisotopic (exact) mass is 276 g/mol. The summed E-state index contributed by atoms with van der Waals surface area (Å²) in [6.07, 6.45) is 0.825. The average molecular weight is 276 g/mol. The van der Waals surface area contributed by atoms with Crippen molar-refractivity contribution in [2.45, 2.75) is 12.8 Å². The van der Waals surface area contributed by atoms with Gasteiger partial charge >= 0.3 is 0 Å². The van der Waals surface area contributed by atoms with Gasteiger partial charge in [0.2, 0.25) is 5.91 Å². The van der Waals surface area contributed by atoms with Crippen LogP contribution in [0.15, 0.2) is 30.3 Å². The van der Waals surface area contributed by atoms with Crippen molar-refractivity contribution in [1.82, 2.24) is 9.88 Å². The van der Waals surface area contributed by atoms with E-state index in [0.29, 0.717) is 24.9 Å². The van der Waals surface area contributed by atoms with Crippen molar-refractivity contribution in [2.24, 2.45) is 0 Å². The van der Waals surface area contributed by atoms with Gasteiger partial charge in [0.25, 0.3) is 0 Å². The topological polar surface area (TPSA) is 53.4 Å². The third-order valence-corrected chi connectivity index (χ3v) is 3.17. The fourth-order valence-electron chi connectivity index (χ4n) is 1.97. The van der Waals surface area contributed by atoms with Crippen LogP contribution in [-0.4, -0.2) is 41.1 Å². The molecule has 2 aromatic rings. The van der Waals surface area contributed by atoms with E-state index >= 15 is 0 Å². The van der Waals surface area contributed by atoms with Crippen molar-refractivity contribution >= 4 is 16.8 Å². The predicted octanol–water partition coefficient (Wildman–Crippen LogP) is 1.76. The van der Waals surface area contributed by atoms with Gasteiger partial charge in [-0.05, 0) is 24.6 Å². The maximum absolute atomic E-state index is 13.1. The molecule has 0 fully saturated rings. The van der Waals surface area contributed by atoms with E-state index in [0.717, 1.165) is 11.1 Å². The van der Waals surface area contributed by atoms with E-state index in [1.54, 1.807) is 13.1 Å². The Labute approximate surface area is 116 Å². The number of likely N-dealkylation sites (N-methyl/N-ethyl adjacent to an activating group) is 1. The number of rotatable bonds is 5. The largest absolute Gasteiger partial charge is 0.395 e. The smallest absolute Gasteiger partial charge is 0.222 e. The fraction of sp³-hybridized carbons (Fsp3) is 0.333. The maximum Gasteiger partial charge on any atom is 0.222 e. The third-order valence-electron chi connectivity index (χ3n) is 3.17. The quantitative estimate of drug-likeness (QED) is 0.905. The van der Waals surface area contributed by atoms with Gasteiger partial charge < -0.3 is 10.0 Å². The van der Waals surface area contributed by atoms with E-state index in [9.17, 15) is 9.18 Å². The summed E-state index contributed by atoms with van der Waals surface area (Å²) in [5.41, 5.74) is 1.35. The van der Waals surface area contributed by atoms with Crippen LogP contribution < -0.4 is 0 Å². The highest BCUT2D eigenvalue weighted by Gasteiger charge is 2.09. The number of benzene rings is 1. The molecule has 0 radical (unpaired) electrons. The van der Waals surface area contributed by atoms with Crippen LogP contribution >= 0.6 is 0 Å². The van der Waals surface area contributed by atoms with Crippen LogP contribution in [-0.2, 0) is 11.2 Å². The summed E-state index contributed by atoms with van der Waals surface area (Å²) in [5, 5.41) is 9.65. The Morgan fingerprint density at radius 2 is 2.10 bits per heavy atom. The Morgan fingerprint density at radius 1 is 1.35 bits per heavy atom. The average Bonchev–Trinajstić information content (AvgIpc) is 2.44. The Bertz CT molecular complexity index is 616. The van der Waals surface area contributed by atoms with E-state index in [-0.39, 0.29) is 18.3 Å². The van der Waals surface area contributed by atoms with Crippen molar-refractivity contribution in [3.8, 4) is 0 Å². The van der Waals surface area contributed by atoms with Gasteiger partial charge in [0.15, 0.2) is 0 Å². The summed E-state index contributed by atoms with van der Waals surface area (Å²) < 4.78 is 13.1. The molecule has 0 saturated carbocycles. The minimum atomic E-state index is -0.319. The summed E-state index contributed by atoms with van der Waals surface area (Å²) in [7, 11) is 1.65. The van der Waals surface area contributed by atoms with Crippen LogP contribution in [0, 0.1) is 5.82 Å². The molecule has 0 atom stereocenters. The molecule has 1 aromatic heterocycles. The van der Waals surface area contributed by atoms with Gasteiger partial charge in [0, 0.05) is 37.2 Å². The first-order chi connectivity index (χ1) is 9.60. The van der Waals surface area contributed by atoms with Gasteiger partial charge in [0.1, 0.15) is 5.82 Å². The zero-order valence-electron chi connectivity index (χ0n) is 11.3. The highest BCUT2D eigenvalue weighted by Crippen LogP contribution is 2.15. The molecule has 0 unspecified atom stereocenters. The molecule has 0 aliphatic rings. The number of hydrogen-bond acceptors (Lipinski definition) is 3. The van der Waals surface area contributed by atoms with Crippen LogP contribution in [0.1, 0.15) is 12.1 Å². The molecular formula is C15H17FN2O2. The zero-order valence-corrected chi connectivity index (χ0v) is 11.3. The number of aliphatic hydroxyl groups is 1. The number of aliphatic hydroxyl groups excluding tert-OH is 1. The molecule has 0 aliphatic carbocycles. The molecule has 0 saturated heterocycles. The van der Waals surface area contributed by atoms with E-state index in [2.05, 4.69) is 4.98 Å². The lowest BCUT2D eigenvalue weighted by Crippen LogP contribution is -2.29. The lowest BCUT2D eigenvalue weighted by molar-refractivity contribution is -0.130. The fourth-order valence-corrected chi connectivity index (χ4v) is 1.97. The molecule has 0 aliphatic heterocycles. The Kier molecular flexibility index (Phi) is 4.63. The number of amides is 1. The number of aryl methyl sites for hydroxylation is 1. The van der Waals surface area contributed by atoms with Crippen LogP contribution in [0.5, 0.6) is 0 Å². The van der Waals surface area contributed by atoms with Gasteiger partial charge in [-0.1, -0.05) is 6.07 Å². The molecule has 1 aromatic carbocycles. The minimum Gasteiger partial charge on any atom is -0.395 e. The second-order valence-corrected chi connectivity index (χ2v) is 4.68. The third kappa shape index (κ3) is 3.51. The van der Waals surface area contributed by atoms with Crippen LogP contribution in [0.3, 0.4) is 0 Å². The first-order valence-corrected chi connectivity index (χ1v) is 6.50. The van der Waals surface area contributed by atoms with Gasteiger partial charge in [-0.15, -0.1) is 0 Å². The second-order valence-electron chi connectivity index (χ2n) is 4.68. The number of carbonyl (C=O) groups excluding carboxylic acids is 1. The summed E-state index contributed by atoms with van der Waals surface area (Å²) in [5.74, 6) is -0.360. The van der Waals surface area contributed by atoms with Crippen molar-refractivity contribution in [1.29, 1.82) is 0 Å². The van der Waals surface area contributed by atoms with Crippen molar-refractivity contribution < 1.29 is 14.3 Å². The SMILES string of the molecule is CN(CCO)C(=O)CCc1ccc2ccc(F)cc2n1. The summed E-state index contributed by atoms with van der Waals surface area (Å²) >= 11 is 0. The van der Waals surface area contributed by atoms with E-state index < -0.39 is 0 Å². The molecule has 1 amide bonds. The zero-order chi connectivity index (χ0) is 14.5. The minimum absolute atomic E-state index is 0.0415. The van der Waals surface area contributed by atoms with Gasteiger partial charge in [-0.3, -0.25) is 9.78 Å². The van der Waals surface area contributed by atoms with Crippen LogP contribution in [0.25, 0.3) is 10.9 Å². The van der Waals surface area contributed by atoms with Crippen LogP contribution in [0.4, 0.5) is 4.39 Å². The highest BCUT2D eigenvalue weighted by molar-refractivity contribution is 5.79. The van der Waals surface area contributed by atoms with Crippen molar-refractivity contribution in [2.75, 3.05) is 20.2 Å². The van der Waals surface area contributed by atoms with E-state index in [1.165, 1.54) is 17.0 Å². The molecule has 2 rings (SSSR count). The molecule has 5 heteroatoms. The first kappa shape index (κ1) is 14.4. The summed E-state index contributed by atoms with van der Waals surface area (Å²) in [4.78, 5) is 17.6. The molecule has 106 valence electrons. The highest BCUT2D eigenvalue weighted by atomic mass is 19.1. The molecular weight excluding hydrogens is 259 g/mol. The van der Waals surface area contributed by atoms with Crippen molar-refractivity contribution in [3.63, 3.8) is 0 Å². The number of carbonyl (C=O) groups is 1. The molecule has 1 heterocycles. The number of nitrogens with zero attached hydrogens (tertiary/aromatic N) is 2.